The number of halogens is 3. The van der Waals surface area contributed by atoms with Crippen LogP contribution in [0, 0.1) is 0 Å². The lowest BCUT2D eigenvalue weighted by molar-refractivity contribution is -0.137. The normalized spacial score (nSPS) is 13.5. The van der Waals surface area contributed by atoms with Gasteiger partial charge in [0.1, 0.15) is 0 Å². The molecule has 1 N–H and O–H groups in total. The third kappa shape index (κ3) is 3.54. The molecule has 19 heavy (non-hydrogen) atoms. The lowest BCUT2D eigenvalue weighted by atomic mass is 10.0. The summed E-state index contributed by atoms with van der Waals surface area (Å²) in [7, 11) is 1.79. The summed E-state index contributed by atoms with van der Waals surface area (Å²) in [6.45, 7) is 0. The van der Waals surface area contributed by atoms with Crippen LogP contribution in [0.5, 0.6) is 0 Å². The van der Waals surface area contributed by atoms with Gasteiger partial charge in [-0.15, -0.1) is 11.3 Å². The number of thiazole rings is 1. The zero-order valence-corrected chi connectivity index (χ0v) is 11.1. The minimum atomic E-state index is -4.30. The lowest BCUT2D eigenvalue weighted by Crippen LogP contribution is -2.18. The van der Waals surface area contributed by atoms with Crippen LogP contribution < -0.4 is 5.32 Å². The highest BCUT2D eigenvalue weighted by atomic mass is 32.1. The summed E-state index contributed by atoms with van der Waals surface area (Å²) in [4.78, 5) is 5.00. The first-order chi connectivity index (χ1) is 9.00. The Kier molecular flexibility index (Phi) is 4.21. The molecule has 1 aromatic heterocycles. The quantitative estimate of drug-likeness (QED) is 0.927. The van der Waals surface area contributed by atoms with Gasteiger partial charge in [-0.2, -0.15) is 13.2 Å². The number of rotatable bonds is 4. The number of aromatic nitrogens is 1. The molecule has 1 aromatic carbocycles. The molecule has 2 aromatic rings. The number of hydrogen-bond donors (Lipinski definition) is 1. The Labute approximate surface area is 113 Å². The van der Waals surface area contributed by atoms with E-state index in [4.69, 9.17) is 0 Å². The SMILES string of the molecule is CNC(Cc1cccc(C(F)(F)F)c1)c1cncs1. The average Bonchev–Trinajstić information content (AvgIpc) is 2.89. The molecule has 0 radical (unpaired) electrons. The molecule has 0 aliphatic carbocycles. The van der Waals surface area contributed by atoms with E-state index in [1.807, 2.05) is 0 Å². The van der Waals surface area contributed by atoms with Gasteiger partial charge in [-0.25, -0.2) is 0 Å². The zero-order chi connectivity index (χ0) is 13.9. The first-order valence-corrected chi connectivity index (χ1v) is 6.60. The largest absolute Gasteiger partial charge is 0.416 e. The fourth-order valence-corrected chi connectivity index (χ4v) is 2.58. The Morgan fingerprint density at radius 2 is 2.16 bits per heavy atom. The highest BCUT2D eigenvalue weighted by Crippen LogP contribution is 2.30. The zero-order valence-electron chi connectivity index (χ0n) is 10.2. The van der Waals surface area contributed by atoms with Crippen LogP contribution >= 0.6 is 11.3 Å². The Morgan fingerprint density at radius 3 is 2.74 bits per heavy atom. The van der Waals surface area contributed by atoms with Crippen LogP contribution in [0.1, 0.15) is 22.0 Å². The average molecular weight is 286 g/mol. The maximum absolute atomic E-state index is 12.6. The Morgan fingerprint density at radius 1 is 1.37 bits per heavy atom. The van der Waals surface area contributed by atoms with Crippen molar-refractivity contribution in [1.29, 1.82) is 0 Å². The van der Waals surface area contributed by atoms with Gasteiger partial charge in [-0.05, 0) is 25.1 Å². The van der Waals surface area contributed by atoms with Gasteiger partial charge in [-0.1, -0.05) is 18.2 Å². The summed E-state index contributed by atoms with van der Waals surface area (Å²) in [5.74, 6) is 0. The van der Waals surface area contributed by atoms with Crippen LogP contribution in [0.2, 0.25) is 0 Å². The van der Waals surface area contributed by atoms with Gasteiger partial charge in [0.2, 0.25) is 0 Å². The number of hydrogen-bond acceptors (Lipinski definition) is 3. The summed E-state index contributed by atoms with van der Waals surface area (Å²) in [6.07, 6.45) is -2.06. The van der Waals surface area contributed by atoms with Crippen LogP contribution in [0.15, 0.2) is 36.0 Å². The van der Waals surface area contributed by atoms with Gasteiger partial charge >= 0.3 is 6.18 Å². The van der Waals surface area contributed by atoms with E-state index in [0.717, 1.165) is 10.9 Å². The minimum Gasteiger partial charge on any atom is -0.312 e. The molecule has 1 atom stereocenters. The summed E-state index contributed by atoms with van der Waals surface area (Å²) in [5.41, 5.74) is 1.76. The number of nitrogens with one attached hydrogen (secondary N) is 1. The van der Waals surface area contributed by atoms with Gasteiger partial charge in [0.05, 0.1) is 11.1 Å². The first kappa shape index (κ1) is 14.0. The predicted molar refractivity (Wildman–Crippen MR) is 69.1 cm³/mol. The standard InChI is InChI=1S/C13H13F3N2S/c1-17-11(12-7-18-8-19-12)6-9-3-2-4-10(5-9)13(14,15)16/h2-5,7-8,11,17H,6H2,1H3. The smallest absolute Gasteiger partial charge is 0.312 e. The van der Waals surface area contributed by atoms with Crippen molar-refractivity contribution in [2.45, 2.75) is 18.6 Å². The molecule has 6 heteroatoms. The van der Waals surface area contributed by atoms with Crippen molar-refractivity contribution >= 4 is 11.3 Å². The molecule has 102 valence electrons. The van der Waals surface area contributed by atoms with Crippen LogP contribution in [-0.4, -0.2) is 12.0 Å². The molecule has 0 fully saturated rings. The summed E-state index contributed by atoms with van der Waals surface area (Å²) < 4.78 is 37.9. The highest BCUT2D eigenvalue weighted by Gasteiger charge is 2.30. The van der Waals surface area contributed by atoms with Crippen molar-refractivity contribution < 1.29 is 13.2 Å². The maximum atomic E-state index is 12.6. The van der Waals surface area contributed by atoms with Crippen LogP contribution in [0.3, 0.4) is 0 Å². The molecular weight excluding hydrogens is 273 g/mol. The van der Waals surface area contributed by atoms with Crippen molar-refractivity contribution in [3.63, 3.8) is 0 Å². The maximum Gasteiger partial charge on any atom is 0.416 e. The van der Waals surface area contributed by atoms with E-state index in [9.17, 15) is 13.2 Å². The van der Waals surface area contributed by atoms with Crippen molar-refractivity contribution in [2.24, 2.45) is 0 Å². The van der Waals surface area contributed by atoms with E-state index in [1.165, 1.54) is 23.5 Å². The molecule has 1 unspecified atom stereocenters. The van der Waals surface area contributed by atoms with E-state index in [2.05, 4.69) is 10.3 Å². The first-order valence-electron chi connectivity index (χ1n) is 5.72. The van der Waals surface area contributed by atoms with Crippen molar-refractivity contribution in [3.05, 3.63) is 52.0 Å². The molecular formula is C13H13F3N2S. The van der Waals surface area contributed by atoms with E-state index in [-0.39, 0.29) is 6.04 Å². The monoisotopic (exact) mass is 286 g/mol. The Hall–Kier alpha value is -1.40. The molecule has 0 aliphatic rings. The number of nitrogens with zero attached hydrogens (tertiary/aromatic N) is 1. The van der Waals surface area contributed by atoms with E-state index in [0.29, 0.717) is 12.0 Å². The topological polar surface area (TPSA) is 24.9 Å². The molecule has 2 rings (SSSR count). The molecule has 0 spiro atoms. The van der Waals surface area contributed by atoms with Crippen molar-refractivity contribution in [1.82, 2.24) is 10.3 Å². The van der Waals surface area contributed by atoms with Crippen LogP contribution in [0.4, 0.5) is 13.2 Å². The second kappa shape index (κ2) is 5.71. The van der Waals surface area contributed by atoms with E-state index >= 15 is 0 Å². The number of likely N-dealkylation sites (N-methyl/N-ethyl adjacent to an activating group) is 1. The third-order valence-electron chi connectivity index (χ3n) is 2.84. The van der Waals surface area contributed by atoms with E-state index in [1.54, 1.807) is 24.8 Å². The number of alkyl halides is 3. The minimum absolute atomic E-state index is 0.0176. The van der Waals surface area contributed by atoms with E-state index < -0.39 is 11.7 Å². The Balaban J connectivity index is 2.19. The fraction of sp³-hybridized carbons (Fsp3) is 0.308. The molecule has 1 heterocycles. The highest BCUT2D eigenvalue weighted by molar-refractivity contribution is 7.09. The van der Waals surface area contributed by atoms with Crippen LogP contribution in [0.25, 0.3) is 0 Å². The van der Waals surface area contributed by atoms with Gasteiger partial charge in [-0.3, -0.25) is 4.98 Å². The lowest BCUT2D eigenvalue weighted by Gasteiger charge is -2.15. The molecule has 0 bridgehead atoms. The summed E-state index contributed by atoms with van der Waals surface area (Å²) >= 11 is 1.49. The van der Waals surface area contributed by atoms with Crippen LogP contribution in [-0.2, 0) is 12.6 Å². The second-order valence-corrected chi connectivity index (χ2v) is 5.07. The van der Waals surface area contributed by atoms with Crippen molar-refractivity contribution in [2.75, 3.05) is 7.05 Å². The second-order valence-electron chi connectivity index (χ2n) is 4.15. The molecule has 0 saturated carbocycles. The van der Waals surface area contributed by atoms with Crippen molar-refractivity contribution in [3.8, 4) is 0 Å². The van der Waals surface area contributed by atoms with Gasteiger partial charge in [0.25, 0.3) is 0 Å². The fourth-order valence-electron chi connectivity index (χ4n) is 1.85. The third-order valence-corrected chi connectivity index (χ3v) is 3.73. The summed E-state index contributed by atoms with van der Waals surface area (Å²) in [6, 6.07) is 5.42. The van der Waals surface area contributed by atoms with Gasteiger partial charge in [0.15, 0.2) is 0 Å². The molecule has 0 amide bonds. The molecule has 2 nitrogen and oxygen atoms in total. The molecule has 0 saturated heterocycles. The molecule has 0 aliphatic heterocycles. The Bertz CT molecular complexity index is 523. The van der Waals surface area contributed by atoms with Gasteiger partial charge < -0.3 is 5.32 Å². The number of benzene rings is 1. The summed E-state index contributed by atoms with van der Waals surface area (Å²) in [5, 5.41) is 3.10. The predicted octanol–water partition coefficient (Wildman–Crippen LogP) is 3.67. The van der Waals surface area contributed by atoms with Gasteiger partial charge in [0, 0.05) is 17.1 Å².